The minimum absolute atomic E-state index is 0.315. The summed E-state index contributed by atoms with van der Waals surface area (Å²) in [6.45, 7) is 0.662. The first-order valence-electron chi connectivity index (χ1n) is 3.09. The Labute approximate surface area is 57.2 Å². The molecule has 0 radical (unpaired) electrons. The molecule has 0 amide bonds. The van der Waals surface area contributed by atoms with Gasteiger partial charge < -0.3 is 5.73 Å². The average molecular weight is 151 g/mol. The molecule has 0 aliphatic carbocycles. The van der Waals surface area contributed by atoms with Crippen LogP contribution in [0.2, 0.25) is 0 Å². The quantitative estimate of drug-likeness (QED) is 0.420. The monoisotopic (exact) mass is 151 g/mol. The van der Waals surface area contributed by atoms with Crippen molar-refractivity contribution in [3.8, 4) is 0 Å². The molecule has 0 aromatic heterocycles. The molecule has 2 N–H and O–H groups in total. The van der Waals surface area contributed by atoms with Crippen LogP contribution < -0.4 is 5.73 Å². The highest BCUT2D eigenvalue weighted by molar-refractivity contribution is 7.72. The molecular formula is C5H13NO2S. The highest BCUT2D eigenvalue weighted by Gasteiger charge is 1.87. The van der Waals surface area contributed by atoms with Crippen LogP contribution in [0.25, 0.3) is 0 Å². The number of nitrogens with two attached hydrogens (primary N) is 1. The van der Waals surface area contributed by atoms with E-state index in [1.807, 2.05) is 0 Å². The fourth-order valence-electron chi connectivity index (χ4n) is 0.562. The summed E-state index contributed by atoms with van der Waals surface area (Å²) < 4.78 is 19.9. The summed E-state index contributed by atoms with van der Waals surface area (Å²) in [5.41, 5.74) is 5.19. The highest BCUT2D eigenvalue weighted by atomic mass is 32.2. The topological polar surface area (TPSA) is 60.2 Å². The Kier molecular flexibility index (Phi) is 5.98. The van der Waals surface area contributed by atoms with E-state index in [1.165, 1.54) is 0 Å². The Hall–Kier alpha value is -0.0900. The van der Waals surface area contributed by atoms with Crippen LogP contribution in [0, 0.1) is 0 Å². The van der Waals surface area contributed by atoms with Crippen LogP contribution in [0.15, 0.2) is 0 Å². The second kappa shape index (κ2) is 6.04. The molecule has 3 nitrogen and oxygen atoms in total. The SMILES string of the molecule is NCCCCC[SH](=O)=O. The van der Waals surface area contributed by atoms with Crippen molar-refractivity contribution >= 4 is 10.7 Å². The molecule has 0 rings (SSSR count). The van der Waals surface area contributed by atoms with Crippen molar-refractivity contribution in [2.45, 2.75) is 19.3 Å². The predicted molar refractivity (Wildman–Crippen MR) is 38.1 cm³/mol. The molecule has 4 heteroatoms. The van der Waals surface area contributed by atoms with Gasteiger partial charge in [0, 0.05) is 5.75 Å². The molecule has 0 aromatic carbocycles. The number of hydrogen-bond donors (Lipinski definition) is 2. The summed E-state index contributed by atoms with van der Waals surface area (Å²) in [6, 6.07) is 0. The number of unbranched alkanes of at least 4 members (excludes halogenated alkanes) is 2. The van der Waals surface area contributed by atoms with E-state index in [1.54, 1.807) is 0 Å². The first-order valence-corrected chi connectivity index (χ1v) is 4.45. The summed E-state index contributed by atoms with van der Waals surface area (Å²) in [5.74, 6) is 0.315. The molecule has 0 atom stereocenters. The van der Waals surface area contributed by atoms with Crippen molar-refractivity contribution in [3.63, 3.8) is 0 Å². The number of hydrogen-bond acceptors (Lipinski definition) is 3. The summed E-state index contributed by atoms with van der Waals surface area (Å²) in [7, 11) is -2.16. The zero-order valence-electron chi connectivity index (χ0n) is 5.38. The summed E-state index contributed by atoms with van der Waals surface area (Å²) in [4.78, 5) is 0. The van der Waals surface area contributed by atoms with Gasteiger partial charge in [-0.25, -0.2) is 8.42 Å². The van der Waals surface area contributed by atoms with Gasteiger partial charge in [0.25, 0.3) is 0 Å². The van der Waals surface area contributed by atoms with Gasteiger partial charge >= 0.3 is 0 Å². The standard InChI is InChI=1S/C5H13NO2S/c6-4-2-1-3-5-9(7)8/h9H,1-6H2. The third kappa shape index (κ3) is 7.91. The lowest BCUT2D eigenvalue weighted by molar-refractivity contribution is 0.608. The molecule has 0 heterocycles. The lowest BCUT2D eigenvalue weighted by Crippen LogP contribution is -1.98. The maximum atomic E-state index is 9.97. The maximum absolute atomic E-state index is 9.97. The number of thiol groups is 1. The van der Waals surface area contributed by atoms with Crippen molar-refractivity contribution in [1.82, 2.24) is 0 Å². The molecule has 0 saturated heterocycles. The fourth-order valence-corrected chi connectivity index (χ4v) is 1.04. The van der Waals surface area contributed by atoms with Crippen LogP contribution in [0.1, 0.15) is 19.3 Å². The molecule has 0 aliphatic rings. The Morgan fingerprint density at radius 3 is 2.22 bits per heavy atom. The molecule has 9 heavy (non-hydrogen) atoms. The van der Waals surface area contributed by atoms with E-state index in [9.17, 15) is 8.42 Å². The second-order valence-electron chi connectivity index (χ2n) is 1.91. The lowest BCUT2D eigenvalue weighted by atomic mass is 10.2. The molecule has 0 aromatic rings. The zero-order chi connectivity index (χ0) is 7.11. The van der Waals surface area contributed by atoms with Gasteiger partial charge in [-0.15, -0.1) is 0 Å². The van der Waals surface area contributed by atoms with Crippen molar-refractivity contribution < 1.29 is 8.42 Å². The van der Waals surface area contributed by atoms with Crippen LogP contribution in [-0.2, 0) is 10.7 Å². The van der Waals surface area contributed by atoms with Gasteiger partial charge in [-0.3, -0.25) is 0 Å². The summed E-state index contributed by atoms with van der Waals surface area (Å²) in [5, 5.41) is 0. The van der Waals surface area contributed by atoms with E-state index in [4.69, 9.17) is 5.73 Å². The van der Waals surface area contributed by atoms with Crippen molar-refractivity contribution in [2.24, 2.45) is 5.73 Å². The van der Waals surface area contributed by atoms with Gasteiger partial charge in [0.05, 0.1) is 0 Å². The Morgan fingerprint density at radius 1 is 1.11 bits per heavy atom. The van der Waals surface area contributed by atoms with Gasteiger partial charge in [0.15, 0.2) is 0 Å². The van der Waals surface area contributed by atoms with Crippen LogP contribution in [0.5, 0.6) is 0 Å². The maximum Gasteiger partial charge on any atom is 0.140 e. The van der Waals surface area contributed by atoms with E-state index in [2.05, 4.69) is 0 Å². The molecule has 0 bridgehead atoms. The van der Waals surface area contributed by atoms with Gasteiger partial charge in [0.1, 0.15) is 10.7 Å². The lowest BCUT2D eigenvalue weighted by Gasteiger charge is -1.91. The zero-order valence-corrected chi connectivity index (χ0v) is 6.27. The second-order valence-corrected chi connectivity index (χ2v) is 3.02. The van der Waals surface area contributed by atoms with E-state index < -0.39 is 10.7 Å². The largest absolute Gasteiger partial charge is 0.330 e. The van der Waals surface area contributed by atoms with Gasteiger partial charge in [-0.1, -0.05) is 6.42 Å². The van der Waals surface area contributed by atoms with Crippen molar-refractivity contribution in [1.29, 1.82) is 0 Å². The average Bonchev–Trinajstić information content (AvgIpc) is 1.80. The molecule has 0 fully saturated rings. The van der Waals surface area contributed by atoms with E-state index in [0.717, 1.165) is 19.3 Å². The summed E-state index contributed by atoms with van der Waals surface area (Å²) in [6.07, 6.45) is 2.62. The smallest absolute Gasteiger partial charge is 0.140 e. The van der Waals surface area contributed by atoms with Crippen LogP contribution >= 0.6 is 0 Å². The minimum Gasteiger partial charge on any atom is -0.330 e. The van der Waals surface area contributed by atoms with E-state index in [-0.39, 0.29) is 0 Å². The van der Waals surface area contributed by atoms with Crippen molar-refractivity contribution in [3.05, 3.63) is 0 Å². The molecule has 56 valence electrons. The molecular weight excluding hydrogens is 138 g/mol. The van der Waals surface area contributed by atoms with Crippen molar-refractivity contribution in [2.75, 3.05) is 12.3 Å². The Bertz CT molecular complexity index is 114. The molecule has 0 saturated carbocycles. The fraction of sp³-hybridized carbons (Fsp3) is 1.00. The third-order valence-electron chi connectivity index (χ3n) is 1.04. The first kappa shape index (κ1) is 8.91. The number of rotatable bonds is 5. The van der Waals surface area contributed by atoms with Gasteiger partial charge in [0.2, 0.25) is 0 Å². The van der Waals surface area contributed by atoms with E-state index >= 15 is 0 Å². The Morgan fingerprint density at radius 2 is 1.78 bits per heavy atom. The van der Waals surface area contributed by atoms with Crippen LogP contribution in [-0.4, -0.2) is 20.7 Å². The van der Waals surface area contributed by atoms with Gasteiger partial charge in [-0.2, -0.15) is 0 Å². The Balaban J connectivity index is 2.92. The summed E-state index contributed by atoms with van der Waals surface area (Å²) >= 11 is 0. The first-order chi connectivity index (χ1) is 4.27. The van der Waals surface area contributed by atoms with Crippen LogP contribution in [0.4, 0.5) is 0 Å². The normalized spacial score (nSPS) is 10.4. The highest BCUT2D eigenvalue weighted by Crippen LogP contribution is 1.91. The van der Waals surface area contributed by atoms with E-state index in [0.29, 0.717) is 12.3 Å². The molecule has 0 unspecified atom stereocenters. The molecule has 0 spiro atoms. The van der Waals surface area contributed by atoms with Gasteiger partial charge in [-0.05, 0) is 19.4 Å². The minimum atomic E-state index is -2.16. The predicted octanol–water partition coefficient (Wildman–Crippen LogP) is -0.273. The van der Waals surface area contributed by atoms with Crippen LogP contribution in [0.3, 0.4) is 0 Å². The molecule has 0 aliphatic heterocycles. The third-order valence-corrected chi connectivity index (χ3v) is 1.73.